The molecule has 1 atom stereocenters. The lowest BCUT2D eigenvalue weighted by Crippen LogP contribution is -2.37. The zero-order valence-electron chi connectivity index (χ0n) is 13.7. The molecule has 1 aliphatic rings. The van der Waals surface area contributed by atoms with Crippen LogP contribution in [-0.4, -0.2) is 23.7 Å². The molecule has 0 saturated carbocycles. The fraction of sp³-hybridized carbons (Fsp3) is 0.316. The second-order valence-corrected chi connectivity index (χ2v) is 6.31. The highest BCUT2D eigenvalue weighted by atomic mass is 19.4. The highest BCUT2D eigenvalue weighted by Crippen LogP contribution is 2.43. The van der Waals surface area contributed by atoms with Gasteiger partial charge in [-0.3, -0.25) is 4.90 Å². The van der Waals surface area contributed by atoms with Crippen LogP contribution in [0.2, 0.25) is 0 Å². The highest BCUT2D eigenvalue weighted by Gasteiger charge is 2.53. The Morgan fingerprint density at radius 1 is 1.08 bits per heavy atom. The van der Waals surface area contributed by atoms with E-state index in [1.54, 1.807) is 31.2 Å². The lowest BCUT2D eigenvalue weighted by Gasteiger charge is -2.30. The molecule has 1 fully saturated rings. The van der Waals surface area contributed by atoms with Crippen LogP contribution in [0.1, 0.15) is 23.1 Å². The number of benzene rings is 2. The molecule has 1 heterocycles. The summed E-state index contributed by atoms with van der Waals surface area (Å²) in [6, 6.07) is 15.9. The van der Waals surface area contributed by atoms with Gasteiger partial charge in [0.15, 0.2) is 5.60 Å². The predicted molar refractivity (Wildman–Crippen MR) is 86.9 cm³/mol. The maximum absolute atomic E-state index is 13.2. The molecule has 3 nitrogen and oxygen atoms in total. The van der Waals surface area contributed by atoms with E-state index in [0.717, 1.165) is 5.56 Å². The summed E-state index contributed by atoms with van der Waals surface area (Å²) >= 11 is 0. The van der Waals surface area contributed by atoms with Gasteiger partial charge in [-0.2, -0.15) is 13.2 Å². The van der Waals surface area contributed by atoms with Crippen molar-refractivity contribution in [3.8, 4) is 0 Å². The fourth-order valence-corrected chi connectivity index (χ4v) is 3.30. The van der Waals surface area contributed by atoms with Crippen LogP contribution in [0.4, 0.5) is 18.0 Å². The monoisotopic (exact) mass is 349 g/mol. The van der Waals surface area contributed by atoms with E-state index in [1.807, 2.05) is 30.3 Å². The zero-order chi connectivity index (χ0) is 18.1. The van der Waals surface area contributed by atoms with Gasteiger partial charge in [-0.1, -0.05) is 54.6 Å². The van der Waals surface area contributed by atoms with Gasteiger partial charge in [-0.15, -0.1) is 0 Å². The maximum Gasteiger partial charge on any atom is 0.411 e. The van der Waals surface area contributed by atoms with Crippen molar-refractivity contribution in [3.63, 3.8) is 0 Å². The van der Waals surface area contributed by atoms with Gasteiger partial charge in [0.25, 0.3) is 0 Å². The minimum atomic E-state index is -4.45. The summed E-state index contributed by atoms with van der Waals surface area (Å²) in [7, 11) is 0. The number of carbonyl (C=O) groups excluding carboxylic acids is 1. The number of rotatable bonds is 4. The third-order valence-electron chi connectivity index (χ3n) is 4.33. The van der Waals surface area contributed by atoms with Gasteiger partial charge in [0.2, 0.25) is 0 Å². The van der Waals surface area contributed by atoms with Crippen molar-refractivity contribution in [2.75, 3.05) is 6.54 Å². The molecule has 1 saturated heterocycles. The first-order chi connectivity index (χ1) is 11.8. The Morgan fingerprint density at radius 3 is 2.36 bits per heavy atom. The molecule has 1 unspecified atom stereocenters. The number of nitrogens with zero attached hydrogens (tertiary/aromatic N) is 1. The van der Waals surface area contributed by atoms with Gasteiger partial charge in [-0.05, 0) is 18.1 Å². The number of hydrogen-bond acceptors (Lipinski definition) is 2. The molecule has 2 aromatic carbocycles. The van der Waals surface area contributed by atoms with Gasteiger partial charge < -0.3 is 4.74 Å². The number of cyclic esters (lactones) is 1. The van der Waals surface area contributed by atoms with Gasteiger partial charge in [-0.25, -0.2) is 4.79 Å². The molecule has 0 bridgehead atoms. The van der Waals surface area contributed by atoms with Crippen molar-refractivity contribution < 1.29 is 22.7 Å². The SMILES string of the molecule is Cc1ccccc1C1(CC(F)(F)F)CN(Cc2ccccc2)C(=O)O1. The number of halogens is 3. The molecular formula is C19H18F3NO2. The van der Waals surface area contributed by atoms with E-state index >= 15 is 0 Å². The first-order valence-corrected chi connectivity index (χ1v) is 7.94. The zero-order valence-corrected chi connectivity index (χ0v) is 13.7. The summed E-state index contributed by atoms with van der Waals surface area (Å²) in [5, 5.41) is 0. The minimum absolute atomic E-state index is 0.134. The van der Waals surface area contributed by atoms with Crippen LogP contribution >= 0.6 is 0 Å². The van der Waals surface area contributed by atoms with Crippen LogP contribution < -0.4 is 0 Å². The molecule has 6 heteroatoms. The molecule has 1 amide bonds. The van der Waals surface area contributed by atoms with Crippen LogP contribution in [-0.2, 0) is 16.9 Å². The first-order valence-electron chi connectivity index (χ1n) is 7.94. The van der Waals surface area contributed by atoms with Gasteiger partial charge >= 0.3 is 12.3 Å². The molecule has 0 aliphatic carbocycles. The lowest BCUT2D eigenvalue weighted by atomic mass is 9.87. The standard InChI is InChI=1S/C19H18F3NO2/c1-14-7-5-6-10-16(14)18(12-19(20,21)22)13-23(17(24)25-18)11-15-8-3-2-4-9-15/h2-10H,11-13H2,1H3. The number of hydrogen-bond donors (Lipinski definition) is 0. The summed E-state index contributed by atoms with van der Waals surface area (Å²) < 4.78 is 45.1. The van der Waals surface area contributed by atoms with E-state index in [-0.39, 0.29) is 13.1 Å². The van der Waals surface area contributed by atoms with Crippen molar-refractivity contribution in [1.29, 1.82) is 0 Å². The largest absolute Gasteiger partial charge is 0.436 e. The maximum atomic E-state index is 13.2. The molecule has 2 aromatic rings. The number of ether oxygens (including phenoxy) is 1. The van der Waals surface area contributed by atoms with E-state index in [0.29, 0.717) is 11.1 Å². The Hall–Kier alpha value is -2.50. The molecule has 25 heavy (non-hydrogen) atoms. The van der Waals surface area contributed by atoms with Crippen LogP contribution in [0.3, 0.4) is 0 Å². The molecule has 132 valence electrons. The van der Waals surface area contributed by atoms with Crippen LogP contribution in [0, 0.1) is 6.92 Å². The Labute approximate surface area is 144 Å². The van der Waals surface area contributed by atoms with E-state index in [4.69, 9.17) is 4.74 Å². The van der Waals surface area contributed by atoms with Crippen molar-refractivity contribution in [2.24, 2.45) is 0 Å². The third-order valence-corrected chi connectivity index (χ3v) is 4.33. The Balaban J connectivity index is 1.94. The average molecular weight is 349 g/mol. The summed E-state index contributed by atoms with van der Waals surface area (Å²) in [4.78, 5) is 13.6. The first kappa shape index (κ1) is 17.3. The minimum Gasteiger partial charge on any atom is -0.436 e. The van der Waals surface area contributed by atoms with Crippen molar-refractivity contribution in [2.45, 2.75) is 31.7 Å². The van der Waals surface area contributed by atoms with Crippen molar-refractivity contribution >= 4 is 6.09 Å². The molecule has 3 rings (SSSR count). The second-order valence-electron chi connectivity index (χ2n) is 6.31. The summed E-state index contributed by atoms with van der Waals surface area (Å²) in [6.07, 6.45) is -6.39. The Bertz CT molecular complexity index is 761. The van der Waals surface area contributed by atoms with Crippen molar-refractivity contribution in [1.82, 2.24) is 4.90 Å². The van der Waals surface area contributed by atoms with E-state index in [1.165, 1.54) is 4.90 Å². The predicted octanol–water partition coefficient (Wildman–Crippen LogP) is 4.80. The van der Waals surface area contributed by atoms with Crippen LogP contribution in [0.5, 0.6) is 0 Å². The molecule has 0 radical (unpaired) electrons. The molecule has 0 aromatic heterocycles. The smallest absolute Gasteiger partial charge is 0.411 e. The van der Waals surface area contributed by atoms with E-state index < -0.39 is 24.3 Å². The number of aryl methyl sites for hydroxylation is 1. The van der Waals surface area contributed by atoms with Gasteiger partial charge in [0.05, 0.1) is 13.0 Å². The normalized spacial score (nSPS) is 20.6. The molecular weight excluding hydrogens is 331 g/mol. The lowest BCUT2D eigenvalue weighted by molar-refractivity contribution is -0.171. The molecule has 0 spiro atoms. The quantitative estimate of drug-likeness (QED) is 0.794. The summed E-state index contributed by atoms with van der Waals surface area (Å²) in [5.41, 5.74) is 0.194. The Morgan fingerprint density at radius 2 is 1.72 bits per heavy atom. The van der Waals surface area contributed by atoms with Gasteiger partial charge in [0.1, 0.15) is 0 Å². The molecule has 1 aliphatic heterocycles. The second kappa shape index (κ2) is 6.43. The fourth-order valence-electron chi connectivity index (χ4n) is 3.30. The average Bonchev–Trinajstić information content (AvgIpc) is 2.83. The summed E-state index contributed by atoms with van der Waals surface area (Å²) in [5.74, 6) is 0. The number of alkyl halides is 3. The third kappa shape index (κ3) is 3.78. The Kier molecular flexibility index (Phi) is 4.45. The van der Waals surface area contributed by atoms with E-state index in [9.17, 15) is 18.0 Å². The van der Waals surface area contributed by atoms with E-state index in [2.05, 4.69) is 0 Å². The summed E-state index contributed by atoms with van der Waals surface area (Å²) in [6.45, 7) is 1.80. The van der Waals surface area contributed by atoms with Crippen molar-refractivity contribution in [3.05, 3.63) is 71.3 Å². The topological polar surface area (TPSA) is 29.5 Å². The number of carbonyl (C=O) groups is 1. The molecule has 0 N–H and O–H groups in total. The number of amides is 1. The van der Waals surface area contributed by atoms with Crippen LogP contribution in [0.15, 0.2) is 54.6 Å². The highest BCUT2D eigenvalue weighted by molar-refractivity contribution is 5.71. The van der Waals surface area contributed by atoms with Gasteiger partial charge in [0, 0.05) is 12.1 Å². The van der Waals surface area contributed by atoms with Crippen LogP contribution in [0.25, 0.3) is 0 Å².